The van der Waals surface area contributed by atoms with Crippen molar-refractivity contribution < 1.29 is 9.59 Å². The van der Waals surface area contributed by atoms with Crippen molar-refractivity contribution in [2.24, 2.45) is 35.3 Å². The van der Waals surface area contributed by atoms with Crippen LogP contribution >= 0.6 is 0 Å². The number of likely N-dealkylation sites (tertiary alicyclic amines) is 1. The number of hydrogen-bond donors (Lipinski definition) is 2. The van der Waals surface area contributed by atoms with E-state index < -0.39 is 11.8 Å². The molecule has 0 aromatic carbocycles. The summed E-state index contributed by atoms with van der Waals surface area (Å²) >= 11 is 0. The fourth-order valence-electron chi connectivity index (χ4n) is 6.74. The van der Waals surface area contributed by atoms with Crippen LogP contribution in [0.15, 0.2) is 0 Å². The molecule has 4 fully saturated rings. The van der Waals surface area contributed by atoms with E-state index in [9.17, 15) is 14.9 Å². The minimum atomic E-state index is -0.510. The van der Waals surface area contributed by atoms with Crippen LogP contribution in [0, 0.1) is 40.9 Å². The maximum atomic E-state index is 13.1. The molecule has 0 bridgehead atoms. The molecule has 2 saturated carbocycles. The molecule has 7 unspecified atom stereocenters. The second-order valence-electron chi connectivity index (χ2n) is 9.91. The summed E-state index contributed by atoms with van der Waals surface area (Å²) in [6.45, 7) is 2.65. The van der Waals surface area contributed by atoms with E-state index >= 15 is 0 Å². The normalized spacial score (nSPS) is 43.0. The third-order valence-corrected chi connectivity index (χ3v) is 8.41. The molecule has 7 atom stereocenters. The molecular formula is C22H35N5O2. The number of nitrogens with two attached hydrogens (primary N) is 1. The van der Waals surface area contributed by atoms with Gasteiger partial charge in [0.25, 0.3) is 0 Å². The van der Waals surface area contributed by atoms with Crippen LogP contribution in [0.1, 0.15) is 58.3 Å². The number of nitrogens with zero attached hydrogens (tertiary/aromatic N) is 3. The molecule has 3 N–H and O–H groups in total. The van der Waals surface area contributed by atoms with E-state index in [2.05, 4.69) is 11.4 Å². The lowest BCUT2D eigenvalue weighted by Crippen LogP contribution is -2.74. The standard InChI is InChI=1S/C22H35N5O2/c1-14(28)27-12-19-20(29)26(2)21(24)25-22(19,13-27)18-8-4-7-17(10-18)16-6-3-5-15(9-16)11-23/h15-19,21,25H,3-10,12-13,24H2,1-2H3. The van der Waals surface area contributed by atoms with E-state index in [1.54, 1.807) is 18.9 Å². The van der Waals surface area contributed by atoms with Gasteiger partial charge >= 0.3 is 0 Å². The van der Waals surface area contributed by atoms with Crippen molar-refractivity contribution in [2.45, 2.75) is 70.1 Å². The summed E-state index contributed by atoms with van der Waals surface area (Å²) in [7, 11) is 1.74. The van der Waals surface area contributed by atoms with Crippen LogP contribution in [0.5, 0.6) is 0 Å². The average Bonchev–Trinajstić information content (AvgIpc) is 3.13. The zero-order chi connectivity index (χ0) is 20.8. The van der Waals surface area contributed by atoms with Crippen LogP contribution in [-0.4, -0.2) is 53.6 Å². The van der Waals surface area contributed by atoms with Crippen molar-refractivity contribution in [3.63, 3.8) is 0 Å². The number of nitrogens with one attached hydrogen (secondary N) is 1. The zero-order valence-electron chi connectivity index (χ0n) is 17.8. The topological polar surface area (TPSA) is 102 Å². The molecule has 2 amide bonds. The predicted octanol–water partition coefficient (Wildman–Crippen LogP) is 1.64. The fourth-order valence-corrected chi connectivity index (χ4v) is 6.74. The highest BCUT2D eigenvalue weighted by Gasteiger charge is 2.59. The molecule has 2 aliphatic heterocycles. The summed E-state index contributed by atoms with van der Waals surface area (Å²) in [6, 6.07) is 2.49. The third-order valence-electron chi connectivity index (χ3n) is 8.41. The molecular weight excluding hydrogens is 366 g/mol. The molecule has 7 nitrogen and oxygen atoms in total. The first-order valence-corrected chi connectivity index (χ1v) is 11.3. The smallest absolute Gasteiger partial charge is 0.231 e. The number of fused-ring (bicyclic) bond motifs is 1. The van der Waals surface area contributed by atoms with Gasteiger partial charge in [-0.2, -0.15) is 5.26 Å². The molecule has 29 heavy (non-hydrogen) atoms. The molecule has 2 heterocycles. The Bertz CT molecular complexity index is 706. The highest BCUT2D eigenvalue weighted by molar-refractivity contribution is 5.84. The Kier molecular flexibility index (Phi) is 5.60. The third kappa shape index (κ3) is 3.55. The summed E-state index contributed by atoms with van der Waals surface area (Å²) < 4.78 is 0. The lowest BCUT2D eigenvalue weighted by atomic mass is 9.62. The first kappa shape index (κ1) is 20.6. The second kappa shape index (κ2) is 7.88. The van der Waals surface area contributed by atoms with Gasteiger partial charge in [0.15, 0.2) is 0 Å². The maximum Gasteiger partial charge on any atom is 0.231 e. The van der Waals surface area contributed by atoms with Gasteiger partial charge < -0.3 is 9.80 Å². The first-order valence-electron chi connectivity index (χ1n) is 11.3. The monoisotopic (exact) mass is 401 g/mol. The molecule has 160 valence electrons. The fraction of sp³-hybridized carbons (Fsp3) is 0.864. The van der Waals surface area contributed by atoms with Gasteiger partial charge in [-0.3, -0.25) is 20.6 Å². The summed E-state index contributed by atoms with van der Waals surface area (Å²) in [5.41, 5.74) is 5.89. The summed E-state index contributed by atoms with van der Waals surface area (Å²) in [5, 5.41) is 13.0. The molecule has 0 aromatic rings. The van der Waals surface area contributed by atoms with E-state index in [-0.39, 0.29) is 23.7 Å². The van der Waals surface area contributed by atoms with Crippen molar-refractivity contribution in [2.75, 3.05) is 20.1 Å². The number of nitriles is 1. The number of rotatable bonds is 2. The molecule has 0 aromatic heterocycles. The van der Waals surface area contributed by atoms with Crippen LogP contribution in [0.4, 0.5) is 0 Å². The average molecular weight is 402 g/mol. The van der Waals surface area contributed by atoms with Crippen molar-refractivity contribution >= 4 is 11.8 Å². The van der Waals surface area contributed by atoms with Gasteiger partial charge in [-0.05, 0) is 43.4 Å². The van der Waals surface area contributed by atoms with E-state index in [4.69, 9.17) is 5.73 Å². The molecule has 2 saturated heterocycles. The van der Waals surface area contributed by atoms with E-state index in [0.29, 0.717) is 30.8 Å². The van der Waals surface area contributed by atoms with Crippen LogP contribution in [0.2, 0.25) is 0 Å². The molecule has 4 aliphatic rings. The van der Waals surface area contributed by atoms with Crippen LogP contribution in [-0.2, 0) is 9.59 Å². The van der Waals surface area contributed by atoms with Crippen LogP contribution < -0.4 is 11.1 Å². The number of carbonyl (C=O) groups is 2. The van der Waals surface area contributed by atoms with Gasteiger partial charge in [0, 0.05) is 33.0 Å². The Morgan fingerprint density at radius 2 is 1.90 bits per heavy atom. The minimum Gasteiger partial charge on any atom is -0.340 e. The molecule has 7 heteroatoms. The van der Waals surface area contributed by atoms with Crippen LogP contribution in [0.3, 0.4) is 0 Å². The number of amides is 2. The van der Waals surface area contributed by atoms with Crippen molar-refractivity contribution in [1.29, 1.82) is 5.26 Å². The van der Waals surface area contributed by atoms with Crippen molar-refractivity contribution in [3.05, 3.63) is 0 Å². The Hall–Kier alpha value is -1.65. The van der Waals surface area contributed by atoms with E-state index in [1.165, 1.54) is 12.8 Å². The van der Waals surface area contributed by atoms with Gasteiger partial charge in [0.2, 0.25) is 11.8 Å². The molecule has 4 rings (SSSR count). The predicted molar refractivity (Wildman–Crippen MR) is 109 cm³/mol. The number of carbonyl (C=O) groups excluding carboxylic acids is 2. The molecule has 2 aliphatic carbocycles. The van der Waals surface area contributed by atoms with Crippen molar-refractivity contribution in [1.82, 2.24) is 15.1 Å². The summed E-state index contributed by atoms with van der Waals surface area (Å²) in [6.07, 6.45) is 8.45. The maximum absolute atomic E-state index is 13.1. The first-order chi connectivity index (χ1) is 13.9. The lowest BCUT2D eigenvalue weighted by Gasteiger charge is -2.52. The van der Waals surface area contributed by atoms with Gasteiger partial charge in [-0.25, -0.2) is 0 Å². The van der Waals surface area contributed by atoms with E-state index in [0.717, 1.165) is 38.5 Å². The highest BCUT2D eigenvalue weighted by Crippen LogP contribution is 2.49. The Morgan fingerprint density at radius 1 is 1.21 bits per heavy atom. The largest absolute Gasteiger partial charge is 0.340 e. The Labute approximate surface area is 174 Å². The van der Waals surface area contributed by atoms with Gasteiger partial charge in [-0.1, -0.05) is 25.7 Å². The summed E-state index contributed by atoms with van der Waals surface area (Å²) in [5.74, 6) is 1.63. The van der Waals surface area contributed by atoms with Gasteiger partial charge in [0.05, 0.1) is 17.5 Å². The van der Waals surface area contributed by atoms with Gasteiger partial charge in [-0.15, -0.1) is 0 Å². The van der Waals surface area contributed by atoms with Crippen molar-refractivity contribution in [3.8, 4) is 6.07 Å². The second-order valence-corrected chi connectivity index (χ2v) is 9.91. The summed E-state index contributed by atoms with van der Waals surface area (Å²) in [4.78, 5) is 28.7. The molecule has 0 radical (unpaired) electrons. The number of hydrogen-bond acceptors (Lipinski definition) is 5. The van der Waals surface area contributed by atoms with Gasteiger partial charge in [0.1, 0.15) is 6.29 Å². The molecule has 0 spiro atoms. The minimum absolute atomic E-state index is 0.0288. The van der Waals surface area contributed by atoms with Crippen LogP contribution in [0.25, 0.3) is 0 Å². The Balaban J connectivity index is 1.58. The van der Waals surface area contributed by atoms with E-state index in [1.807, 2.05) is 4.90 Å². The highest BCUT2D eigenvalue weighted by atomic mass is 16.2. The lowest BCUT2D eigenvalue weighted by molar-refractivity contribution is -0.147. The zero-order valence-corrected chi connectivity index (χ0v) is 17.8. The quantitative estimate of drug-likeness (QED) is 0.732. The Morgan fingerprint density at radius 3 is 2.59 bits per heavy atom. The SMILES string of the molecule is CC(=O)N1CC2C(=O)N(C)C(N)NC2(C2CCCC(C3CCCC(C#N)C3)C2)C1.